The Morgan fingerprint density at radius 3 is 2.58 bits per heavy atom. The predicted octanol–water partition coefficient (Wildman–Crippen LogP) is 4.09. The van der Waals surface area contributed by atoms with Gasteiger partial charge < -0.3 is 4.74 Å². The van der Waals surface area contributed by atoms with Crippen molar-refractivity contribution in [2.45, 2.75) is 24.8 Å². The van der Waals surface area contributed by atoms with Crippen LogP contribution in [0.25, 0.3) is 0 Å². The van der Waals surface area contributed by atoms with Gasteiger partial charge in [0.05, 0.1) is 17.3 Å². The molecule has 2 rings (SSSR count). The standard InChI is InChI=1S/C16H16Cl2N2O3S/c1-11(2)23-15-6-4-3-5-12(15)10-19-20-24(21,22)16-9-13(17)7-8-14(16)18/h3-11,20H,1-2H3/b19-10-. The van der Waals surface area contributed by atoms with Crippen LogP contribution in [0.2, 0.25) is 10.0 Å². The molecule has 0 saturated carbocycles. The van der Waals surface area contributed by atoms with Gasteiger partial charge in [-0.15, -0.1) is 0 Å². The van der Waals surface area contributed by atoms with Crippen LogP contribution in [-0.2, 0) is 10.0 Å². The molecule has 0 aliphatic rings. The number of para-hydroxylation sites is 1. The van der Waals surface area contributed by atoms with E-state index in [-0.39, 0.29) is 21.0 Å². The summed E-state index contributed by atoms with van der Waals surface area (Å²) in [5, 5.41) is 4.11. The lowest BCUT2D eigenvalue weighted by atomic mass is 10.2. The third-order valence-corrected chi connectivity index (χ3v) is 4.78. The van der Waals surface area contributed by atoms with E-state index in [9.17, 15) is 8.42 Å². The zero-order valence-electron chi connectivity index (χ0n) is 13.0. The largest absolute Gasteiger partial charge is 0.490 e. The van der Waals surface area contributed by atoms with E-state index < -0.39 is 10.0 Å². The number of rotatable bonds is 6. The smallest absolute Gasteiger partial charge is 0.278 e. The van der Waals surface area contributed by atoms with E-state index in [1.54, 1.807) is 18.2 Å². The maximum Gasteiger partial charge on any atom is 0.278 e. The van der Waals surface area contributed by atoms with Gasteiger partial charge in [-0.3, -0.25) is 0 Å². The average molecular weight is 387 g/mol. The van der Waals surface area contributed by atoms with Gasteiger partial charge >= 0.3 is 0 Å². The zero-order chi connectivity index (χ0) is 17.7. The summed E-state index contributed by atoms with van der Waals surface area (Å²) in [4.78, 5) is 1.98. The van der Waals surface area contributed by atoms with Crippen molar-refractivity contribution in [3.05, 3.63) is 58.1 Å². The number of hydrogen-bond donors (Lipinski definition) is 1. The molecule has 1 N–H and O–H groups in total. The van der Waals surface area contributed by atoms with Crippen LogP contribution in [0.3, 0.4) is 0 Å². The topological polar surface area (TPSA) is 67.8 Å². The fraction of sp³-hybridized carbons (Fsp3) is 0.188. The normalized spacial score (nSPS) is 11.9. The van der Waals surface area contributed by atoms with Crippen LogP contribution in [0.4, 0.5) is 0 Å². The van der Waals surface area contributed by atoms with E-state index >= 15 is 0 Å². The van der Waals surface area contributed by atoms with Crippen LogP contribution >= 0.6 is 23.2 Å². The second-order valence-electron chi connectivity index (χ2n) is 5.13. The van der Waals surface area contributed by atoms with E-state index in [0.29, 0.717) is 11.3 Å². The summed E-state index contributed by atoms with van der Waals surface area (Å²) < 4.78 is 30.2. The Morgan fingerprint density at radius 2 is 1.88 bits per heavy atom. The van der Waals surface area contributed by atoms with E-state index in [1.165, 1.54) is 24.4 Å². The van der Waals surface area contributed by atoms with Crippen molar-refractivity contribution < 1.29 is 13.2 Å². The van der Waals surface area contributed by atoms with Crippen LogP contribution in [0, 0.1) is 0 Å². The van der Waals surface area contributed by atoms with Gasteiger partial charge in [-0.25, -0.2) is 4.83 Å². The van der Waals surface area contributed by atoms with Crippen molar-refractivity contribution in [1.82, 2.24) is 4.83 Å². The van der Waals surface area contributed by atoms with Gasteiger partial charge in [-0.05, 0) is 44.2 Å². The van der Waals surface area contributed by atoms with E-state index in [0.717, 1.165) is 0 Å². The lowest BCUT2D eigenvalue weighted by molar-refractivity contribution is 0.242. The highest BCUT2D eigenvalue weighted by atomic mass is 35.5. The highest BCUT2D eigenvalue weighted by molar-refractivity contribution is 7.89. The van der Waals surface area contributed by atoms with E-state index in [2.05, 4.69) is 9.93 Å². The van der Waals surface area contributed by atoms with Crippen LogP contribution in [0.1, 0.15) is 19.4 Å². The summed E-state index contributed by atoms with van der Waals surface area (Å²) in [6.07, 6.45) is 1.36. The predicted molar refractivity (Wildman–Crippen MR) is 96.6 cm³/mol. The molecule has 0 radical (unpaired) electrons. The molecule has 0 fully saturated rings. The minimum Gasteiger partial charge on any atom is -0.490 e. The number of halogens is 2. The number of sulfonamides is 1. The third kappa shape index (κ3) is 4.87. The molecule has 0 heterocycles. The summed E-state index contributed by atoms with van der Waals surface area (Å²) >= 11 is 11.7. The van der Waals surface area contributed by atoms with Crippen LogP contribution in [0.15, 0.2) is 52.5 Å². The number of ether oxygens (including phenoxy) is 1. The van der Waals surface area contributed by atoms with Gasteiger partial charge in [-0.1, -0.05) is 35.3 Å². The zero-order valence-corrected chi connectivity index (χ0v) is 15.4. The Morgan fingerprint density at radius 1 is 1.17 bits per heavy atom. The third-order valence-electron chi connectivity index (χ3n) is 2.84. The molecule has 2 aromatic carbocycles. The second kappa shape index (κ2) is 7.88. The fourth-order valence-electron chi connectivity index (χ4n) is 1.85. The summed E-state index contributed by atoms with van der Waals surface area (Å²) in [7, 11) is -3.92. The molecular formula is C16H16Cl2N2O3S. The number of benzene rings is 2. The highest BCUT2D eigenvalue weighted by Gasteiger charge is 2.17. The minimum atomic E-state index is -3.92. The fourth-order valence-corrected chi connectivity index (χ4v) is 3.40. The number of nitrogens with zero attached hydrogens (tertiary/aromatic N) is 1. The number of hydrazone groups is 1. The number of hydrogen-bond acceptors (Lipinski definition) is 4. The monoisotopic (exact) mass is 386 g/mol. The first-order valence-electron chi connectivity index (χ1n) is 7.05. The van der Waals surface area contributed by atoms with E-state index in [4.69, 9.17) is 27.9 Å². The maximum absolute atomic E-state index is 12.3. The summed E-state index contributed by atoms with van der Waals surface area (Å²) in [6, 6.07) is 11.4. The van der Waals surface area contributed by atoms with Crippen molar-refractivity contribution in [3.63, 3.8) is 0 Å². The Bertz CT molecular complexity index is 852. The molecule has 0 atom stereocenters. The molecule has 0 spiro atoms. The van der Waals surface area contributed by atoms with Crippen LogP contribution in [-0.4, -0.2) is 20.7 Å². The SMILES string of the molecule is CC(C)Oc1ccccc1/C=N\NS(=O)(=O)c1cc(Cl)ccc1Cl. The molecule has 24 heavy (non-hydrogen) atoms. The Hall–Kier alpha value is -1.76. The molecule has 128 valence electrons. The van der Waals surface area contributed by atoms with Crippen molar-refractivity contribution >= 4 is 39.4 Å². The minimum absolute atomic E-state index is 0.0125. The number of nitrogens with one attached hydrogen (secondary N) is 1. The summed E-state index contributed by atoms with van der Waals surface area (Å²) in [5.74, 6) is 0.608. The lowest BCUT2D eigenvalue weighted by Crippen LogP contribution is -2.19. The molecule has 8 heteroatoms. The Kier molecular flexibility index (Phi) is 6.10. The van der Waals surface area contributed by atoms with Gasteiger partial charge in [0.2, 0.25) is 0 Å². The first kappa shape index (κ1) is 18.6. The average Bonchev–Trinajstić information content (AvgIpc) is 2.50. The quantitative estimate of drug-likeness (QED) is 0.600. The highest BCUT2D eigenvalue weighted by Crippen LogP contribution is 2.24. The molecule has 2 aromatic rings. The Labute approximate surface area is 151 Å². The molecule has 0 aliphatic heterocycles. The molecule has 0 aliphatic carbocycles. The van der Waals surface area contributed by atoms with Gasteiger partial charge in [0.25, 0.3) is 10.0 Å². The van der Waals surface area contributed by atoms with Crippen molar-refractivity contribution in [1.29, 1.82) is 0 Å². The molecule has 0 saturated heterocycles. The van der Waals surface area contributed by atoms with Gasteiger partial charge in [0, 0.05) is 10.6 Å². The molecule has 0 aromatic heterocycles. The molecular weight excluding hydrogens is 371 g/mol. The first-order valence-corrected chi connectivity index (χ1v) is 9.29. The van der Waals surface area contributed by atoms with Crippen LogP contribution < -0.4 is 9.57 Å². The van der Waals surface area contributed by atoms with Gasteiger partial charge in [0.1, 0.15) is 10.6 Å². The maximum atomic E-state index is 12.3. The van der Waals surface area contributed by atoms with Crippen molar-refractivity contribution in [2.24, 2.45) is 5.10 Å². The lowest BCUT2D eigenvalue weighted by Gasteiger charge is -2.11. The molecule has 0 bridgehead atoms. The molecule has 0 amide bonds. The molecule has 5 nitrogen and oxygen atoms in total. The van der Waals surface area contributed by atoms with Gasteiger partial charge in [-0.2, -0.15) is 13.5 Å². The van der Waals surface area contributed by atoms with Crippen LogP contribution in [0.5, 0.6) is 5.75 Å². The van der Waals surface area contributed by atoms with Gasteiger partial charge in [0.15, 0.2) is 0 Å². The summed E-state index contributed by atoms with van der Waals surface area (Å²) in [5.41, 5.74) is 0.645. The van der Waals surface area contributed by atoms with Crippen molar-refractivity contribution in [3.8, 4) is 5.75 Å². The second-order valence-corrected chi connectivity index (χ2v) is 7.61. The first-order chi connectivity index (χ1) is 11.3. The van der Waals surface area contributed by atoms with Crippen molar-refractivity contribution in [2.75, 3.05) is 0 Å². The summed E-state index contributed by atoms with van der Waals surface area (Å²) in [6.45, 7) is 3.80. The Balaban J connectivity index is 2.21. The van der Waals surface area contributed by atoms with E-state index in [1.807, 2.05) is 19.9 Å². The molecule has 0 unspecified atom stereocenters.